The molecule has 1 aromatic heterocycles. The average Bonchev–Trinajstić information content (AvgIpc) is 3.42. The van der Waals surface area contributed by atoms with Gasteiger partial charge in [0.1, 0.15) is 23.0 Å². The first kappa shape index (κ1) is 21.9. The highest BCUT2D eigenvalue weighted by Crippen LogP contribution is 2.22. The maximum atomic E-state index is 13.8. The molecule has 1 saturated heterocycles. The Morgan fingerprint density at radius 3 is 2.74 bits per heavy atom. The molecule has 1 amide bonds. The van der Waals surface area contributed by atoms with E-state index in [0.29, 0.717) is 49.2 Å². The highest BCUT2D eigenvalue weighted by molar-refractivity contribution is 5.92. The van der Waals surface area contributed by atoms with Gasteiger partial charge >= 0.3 is 5.69 Å². The predicted octanol–water partition coefficient (Wildman–Crippen LogP) is 0.656. The van der Waals surface area contributed by atoms with Gasteiger partial charge in [-0.3, -0.25) is 13.9 Å². The van der Waals surface area contributed by atoms with Crippen molar-refractivity contribution in [3.63, 3.8) is 0 Å². The second-order valence-corrected chi connectivity index (χ2v) is 8.89. The number of nitrogens with zero attached hydrogens (tertiary/aromatic N) is 3. The highest BCUT2D eigenvalue weighted by atomic mass is 16.5. The molecule has 34 heavy (non-hydrogen) atoms. The molecule has 2 aromatic rings. The molecule has 8 heteroatoms. The lowest BCUT2D eigenvalue weighted by Crippen LogP contribution is -2.46. The number of nitrogens with one attached hydrogen (secondary N) is 1. The largest absolute Gasteiger partial charge is 0.486 e. The minimum absolute atomic E-state index is 0.0667. The number of hydrogen-bond acceptors (Lipinski definition) is 5. The minimum Gasteiger partial charge on any atom is -0.486 e. The first-order valence-corrected chi connectivity index (χ1v) is 11.6. The number of fused-ring (bicyclic) bond motifs is 1. The summed E-state index contributed by atoms with van der Waals surface area (Å²) in [5.74, 6) is 1.21. The van der Waals surface area contributed by atoms with Gasteiger partial charge in [0.05, 0.1) is 11.4 Å². The van der Waals surface area contributed by atoms with Crippen LogP contribution in [0.4, 0.5) is 0 Å². The normalized spacial score (nSPS) is 21.4. The molecular weight excluding hydrogens is 430 g/mol. The number of carbonyl (C=O) groups excluding carboxylic acids is 1. The average molecular weight is 460 g/mol. The van der Waals surface area contributed by atoms with Crippen molar-refractivity contribution in [2.75, 3.05) is 19.6 Å². The summed E-state index contributed by atoms with van der Waals surface area (Å²) in [6, 6.07) is 9.56. The number of benzene rings is 1. The van der Waals surface area contributed by atoms with Crippen molar-refractivity contribution in [2.24, 2.45) is 5.73 Å². The Kier molecular flexibility index (Phi) is 5.65. The Balaban J connectivity index is 1.48. The lowest BCUT2D eigenvalue weighted by Gasteiger charge is -2.19. The van der Waals surface area contributed by atoms with E-state index in [-0.39, 0.29) is 23.7 Å². The van der Waals surface area contributed by atoms with E-state index in [4.69, 9.17) is 10.5 Å². The number of hydrogen-bond donors (Lipinski definition) is 2. The molecule has 0 spiro atoms. The SMILES string of the molecule is C=C(C)C(=O)N1CCC(n2c3c(n(C4=CCC(Oc5ccccc5)C=C4)c2=O)=C(N)NCC=3)C1. The summed E-state index contributed by atoms with van der Waals surface area (Å²) < 4.78 is 9.50. The van der Waals surface area contributed by atoms with Crippen molar-refractivity contribution in [1.82, 2.24) is 19.4 Å². The molecule has 2 atom stereocenters. The summed E-state index contributed by atoms with van der Waals surface area (Å²) in [5, 5.41) is 4.61. The van der Waals surface area contributed by atoms with Crippen LogP contribution in [-0.4, -0.2) is 45.7 Å². The molecule has 5 rings (SSSR count). The van der Waals surface area contributed by atoms with E-state index in [1.54, 1.807) is 21.0 Å². The van der Waals surface area contributed by atoms with Crippen molar-refractivity contribution in [1.29, 1.82) is 0 Å². The molecule has 0 saturated carbocycles. The highest BCUT2D eigenvalue weighted by Gasteiger charge is 2.31. The minimum atomic E-state index is -0.152. The lowest BCUT2D eigenvalue weighted by atomic mass is 10.1. The molecule has 1 fully saturated rings. The van der Waals surface area contributed by atoms with E-state index < -0.39 is 0 Å². The van der Waals surface area contributed by atoms with Crippen LogP contribution in [0, 0.1) is 0 Å². The van der Waals surface area contributed by atoms with Gasteiger partial charge in [-0.1, -0.05) is 30.9 Å². The van der Waals surface area contributed by atoms with Crippen molar-refractivity contribution >= 4 is 23.5 Å². The second-order valence-electron chi connectivity index (χ2n) is 8.89. The van der Waals surface area contributed by atoms with Gasteiger partial charge in [-0.05, 0) is 43.7 Å². The van der Waals surface area contributed by atoms with Gasteiger partial charge in [0, 0.05) is 37.3 Å². The molecule has 2 unspecified atom stereocenters. The van der Waals surface area contributed by atoms with Crippen LogP contribution in [0.1, 0.15) is 25.8 Å². The number of imidazole rings is 1. The van der Waals surface area contributed by atoms with E-state index in [2.05, 4.69) is 11.9 Å². The van der Waals surface area contributed by atoms with E-state index in [1.165, 1.54) is 0 Å². The first-order chi connectivity index (χ1) is 16.4. The number of para-hydroxylation sites is 1. The molecule has 3 aliphatic rings. The first-order valence-electron chi connectivity index (χ1n) is 11.6. The zero-order chi connectivity index (χ0) is 23.8. The molecule has 8 nitrogen and oxygen atoms in total. The van der Waals surface area contributed by atoms with Gasteiger partial charge < -0.3 is 20.7 Å². The maximum Gasteiger partial charge on any atom is 0.334 e. The summed E-state index contributed by atoms with van der Waals surface area (Å²) in [6.07, 6.45) is 9.11. The van der Waals surface area contributed by atoms with Crippen molar-refractivity contribution < 1.29 is 9.53 Å². The van der Waals surface area contributed by atoms with Crippen LogP contribution in [0.3, 0.4) is 0 Å². The molecule has 176 valence electrons. The fourth-order valence-corrected chi connectivity index (χ4v) is 4.85. The summed E-state index contributed by atoms with van der Waals surface area (Å²) in [7, 11) is 0. The molecule has 3 N–H and O–H groups in total. The van der Waals surface area contributed by atoms with Gasteiger partial charge in [0.25, 0.3) is 0 Å². The quantitative estimate of drug-likeness (QED) is 0.641. The van der Waals surface area contributed by atoms with Crippen LogP contribution in [0.2, 0.25) is 0 Å². The number of amides is 1. The Morgan fingerprint density at radius 2 is 2.03 bits per heavy atom. The zero-order valence-electron chi connectivity index (χ0n) is 19.2. The molecule has 2 aliphatic heterocycles. The van der Waals surface area contributed by atoms with Crippen LogP contribution >= 0.6 is 0 Å². The van der Waals surface area contributed by atoms with Crippen molar-refractivity contribution in [3.05, 3.63) is 81.9 Å². The van der Waals surface area contributed by atoms with Gasteiger partial charge in [-0.25, -0.2) is 4.79 Å². The Bertz CT molecular complexity index is 1380. The fourth-order valence-electron chi connectivity index (χ4n) is 4.85. The van der Waals surface area contributed by atoms with Crippen molar-refractivity contribution in [3.8, 4) is 5.75 Å². The Labute approximate surface area is 197 Å². The number of likely N-dealkylation sites (tertiary alicyclic amines) is 1. The van der Waals surface area contributed by atoms with Crippen LogP contribution < -0.4 is 32.2 Å². The van der Waals surface area contributed by atoms with Gasteiger partial charge in [-0.2, -0.15) is 0 Å². The molecule has 1 aliphatic carbocycles. The smallest absolute Gasteiger partial charge is 0.334 e. The number of rotatable bonds is 5. The lowest BCUT2D eigenvalue weighted by molar-refractivity contribution is -0.126. The third-order valence-corrected chi connectivity index (χ3v) is 6.48. The second kappa shape index (κ2) is 8.78. The fraction of sp³-hybridized carbons (Fsp3) is 0.308. The summed E-state index contributed by atoms with van der Waals surface area (Å²) in [6.45, 7) is 7.11. The standard InChI is InChI=1S/C26H29N5O3/c1-17(2)25(32)29-15-13-19(16-29)30-22-12-14-28-24(27)23(22)31(26(30)33)18-8-10-21(11-9-18)34-20-6-4-3-5-7-20/h3-10,12,19,21,28H,1,11,13-16,27H2,2H3. The van der Waals surface area contributed by atoms with Gasteiger partial charge in [-0.15, -0.1) is 0 Å². The summed E-state index contributed by atoms with van der Waals surface area (Å²) in [5.41, 5.74) is 7.46. The van der Waals surface area contributed by atoms with Gasteiger partial charge in [0.2, 0.25) is 5.91 Å². The van der Waals surface area contributed by atoms with Gasteiger partial charge in [0.15, 0.2) is 0 Å². The monoisotopic (exact) mass is 459 g/mol. The molecule has 0 radical (unpaired) electrons. The molecular formula is C26H29N5O3. The third kappa shape index (κ3) is 3.85. The van der Waals surface area contributed by atoms with Crippen LogP contribution in [-0.2, 0) is 4.79 Å². The van der Waals surface area contributed by atoms with Crippen LogP contribution in [0.15, 0.2) is 65.5 Å². The Hall–Kier alpha value is -3.94. The van der Waals surface area contributed by atoms with Crippen LogP contribution in [0.5, 0.6) is 5.75 Å². The molecule has 0 bridgehead atoms. The van der Waals surface area contributed by atoms with E-state index in [0.717, 1.165) is 16.8 Å². The van der Waals surface area contributed by atoms with Crippen molar-refractivity contribution in [2.45, 2.75) is 31.9 Å². The van der Waals surface area contributed by atoms with Crippen LogP contribution in [0.25, 0.3) is 17.6 Å². The number of aromatic nitrogens is 2. The van der Waals surface area contributed by atoms with E-state index >= 15 is 0 Å². The number of carbonyl (C=O) groups is 1. The predicted molar refractivity (Wildman–Crippen MR) is 132 cm³/mol. The summed E-state index contributed by atoms with van der Waals surface area (Å²) >= 11 is 0. The topological polar surface area (TPSA) is 94.5 Å². The summed E-state index contributed by atoms with van der Waals surface area (Å²) in [4.78, 5) is 27.9. The molecule has 3 heterocycles. The zero-order valence-corrected chi connectivity index (χ0v) is 19.2. The van der Waals surface area contributed by atoms with E-state index in [1.807, 2.05) is 54.6 Å². The Morgan fingerprint density at radius 1 is 1.24 bits per heavy atom. The number of nitrogens with two attached hydrogens (primary N) is 1. The maximum absolute atomic E-state index is 13.8. The number of allylic oxidation sites excluding steroid dienone is 2. The molecule has 1 aromatic carbocycles. The third-order valence-electron chi connectivity index (χ3n) is 6.48. The number of ether oxygens (including phenoxy) is 1. The van der Waals surface area contributed by atoms with E-state index in [9.17, 15) is 9.59 Å².